The van der Waals surface area contributed by atoms with Gasteiger partial charge in [0.05, 0.1) is 0 Å². The summed E-state index contributed by atoms with van der Waals surface area (Å²) in [7, 11) is -3.84. The van der Waals surface area contributed by atoms with Crippen LogP contribution in [0.15, 0.2) is 30.3 Å². The van der Waals surface area contributed by atoms with Crippen molar-refractivity contribution in [3.05, 3.63) is 35.9 Å². The van der Waals surface area contributed by atoms with Crippen LogP contribution in [0.25, 0.3) is 0 Å². The van der Waals surface area contributed by atoms with Gasteiger partial charge in [0, 0.05) is 19.6 Å². The normalized spacial score (nSPS) is 19.2. The highest BCUT2D eigenvalue weighted by molar-refractivity contribution is 7.90. The molecule has 0 spiro atoms. The van der Waals surface area contributed by atoms with Gasteiger partial charge in [0.15, 0.2) is 5.25 Å². The van der Waals surface area contributed by atoms with Gasteiger partial charge < -0.3 is 5.32 Å². The number of hydrogen-bond acceptors (Lipinski definition) is 4. The summed E-state index contributed by atoms with van der Waals surface area (Å²) in [5, 5.41) is 3.03. The third kappa shape index (κ3) is 3.40. The molecule has 7 nitrogen and oxygen atoms in total. The summed E-state index contributed by atoms with van der Waals surface area (Å²) in [6.45, 7) is 1.93. The first kappa shape index (κ1) is 15.5. The van der Waals surface area contributed by atoms with Gasteiger partial charge in [-0.15, -0.1) is 0 Å². The Balaban J connectivity index is 2.20. The number of rotatable bonds is 5. The Morgan fingerprint density at radius 1 is 1.24 bits per heavy atom. The number of nitrogens with zero attached hydrogens (tertiary/aromatic N) is 1. The maximum Gasteiger partial charge on any atom is 0.321 e. The van der Waals surface area contributed by atoms with Crippen LogP contribution in [0, 0.1) is 0 Å². The van der Waals surface area contributed by atoms with Gasteiger partial charge in [-0.2, -0.15) is 4.31 Å². The van der Waals surface area contributed by atoms with Crippen molar-refractivity contribution in [1.29, 1.82) is 0 Å². The molecule has 2 rings (SSSR count). The molecule has 1 fully saturated rings. The topological polar surface area (TPSA) is 95.6 Å². The molecule has 2 N–H and O–H groups in total. The monoisotopic (exact) mass is 311 g/mol. The van der Waals surface area contributed by atoms with E-state index in [-0.39, 0.29) is 19.6 Å². The van der Waals surface area contributed by atoms with E-state index in [4.69, 9.17) is 0 Å². The number of hydrogen-bond donors (Lipinski definition) is 2. The van der Waals surface area contributed by atoms with Gasteiger partial charge in [-0.05, 0) is 5.56 Å². The van der Waals surface area contributed by atoms with Crippen LogP contribution < -0.4 is 10.6 Å². The molecule has 3 amide bonds. The Morgan fingerprint density at radius 3 is 2.48 bits per heavy atom. The molecule has 1 atom stereocenters. The third-order valence-corrected chi connectivity index (χ3v) is 5.46. The van der Waals surface area contributed by atoms with Crippen LogP contribution in [0.5, 0.6) is 0 Å². The molecular formula is C13H17N3O4S. The summed E-state index contributed by atoms with van der Waals surface area (Å²) in [5.74, 6) is -0.787. The van der Waals surface area contributed by atoms with E-state index in [2.05, 4.69) is 5.32 Å². The van der Waals surface area contributed by atoms with E-state index in [0.29, 0.717) is 0 Å². The van der Waals surface area contributed by atoms with Gasteiger partial charge in [0.2, 0.25) is 15.9 Å². The maximum atomic E-state index is 12.6. The number of urea groups is 1. The fourth-order valence-corrected chi connectivity index (χ4v) is 3.78. The molecule has 1 aromatic carbocycles. The average Bonchev–Trinajstić information content (AvgIpc) is 2.45. The first-order chi connectivity index (χ1) is 9.95. The molecule has 0 saturated carbocycles. The van der Waals surface area contributed by atoms with Crippen molar-refractivity contribution in [3.63, 3.8) is 0 Å². The summed E-state index contributed by atoms with van der Waals surface area (Å²) >= 11 is 0. The molecule has 21 heavy (non-hydrogen) atoms. The molecule has 0 bridgehead atoms. The molecule has 0 radical (unpaired) electrons. The summed E-state index contributed by atoms with van der Waals surface area (Å²) in [6.07, 6.45) is 0. The van der Waals surface area contributed by atoms with Crippen LogP contribution in [0.4, 0.5) is 4.79 Å². The molecule has 1 aromatic rings. The van der Waals surface area contributed by atoms with Crippen LogP contribution in [0.1, 0.15) is 12.5 Å². The van der Waals surface area contributed by atoms with Crippen molar-refractivity contribution in [1.82, 2.24) is 14.9 Å². The predicted octanol–water partition coefficient (Wildman–Crippen LogP) is 0.0463. The molecule has 1 unspecified atom stereocenters. The lowest BCUT2D eigenvalue weighted by Crippen LogP contribution is -2.59. The molecule has 1 saturated heterocycles. The number of sulfonamides is 1. The largest absolute Gasteiger partial charge is 0.336 e. The Morgan fingerprint density at radius 2 is 1.90 bits per heavy atom. The second-order valence-corrected chi connectivity index (χ2v) is 6.76. The van der Waals surface area contributed by atoms with Gasteiger partial charge in [0.1, 0.15) is 0 Å². The van der Waals surface area contributed by atoms with Crippen molar-refractivity contribution in [3.8, 4) is 0 Å². The Kier molecular flexibility index (Phi) is 4.59. The van der Waals surface area contributed by atoms with Crippen LogP contribution in [-0.2, 0) is 21.4 Å². The standard InChI is InChI=1S/C13H17N3O4S/c1-2-16(9-10-6-4-3-5-7-10)21(19,20)11-8-14-13(18)15-12(11)17/h3-7,11H,2,8-9H2,1H3,(H2,14,15,17,18). The Hall–Kier alpha value is -1.93. The van der Waals surface area contributed by atoms with E-state index in [1.54, 1.807) is 6.92 Å². The van der Waals surface area contributed by atoms with Crippen LogP contribution >= 0.6 is 0 Å². The SMILES string of the molecule is CCN(Cc1ccccc1)S(=O)(=O)C1CNC(=O)NC1=O. The fraction of sp³-hybridized carbons (Fsp3) is 0.385. The lowest BCUT2D eigenvalue weighted by Gasteiger charge is -2.28. The van der Waals surface area contributed by atoms with Gasteiger partial charge in [-0.1, -0.05) is 37.3 Å². The zero-order valence-corrected chi connectivity index (χ0v) is 12.4. The highest BCUT2D eigenvalue weighted by Crippen LogP contribution is 2.15. The number of amides is 3. The van der Waals surface area contributed by atoms with Gasteiger partial charge >= 0.3 is 6.03 Å². The zero-order chi connectivity index (χ0) is 15.5. The second-order valence-electron chi connectivity index (χ2n) is 4.64. The van der Waals surface area contributed by atoms with Crippen LogP contribution in [-0.4, -0.2) is 43.0 Å². The van der Waals surface area contributed by atoms with Crippen LogP contribution in [0.2, 0.25) is 0 Å². The van der Waals surface area contributed by atoms with E-state index >= 15 is 0 Å². The number of carbonyl (C=O) groups is 2. The lowest BCUT2D eigenvalue weighted by molar-refractivity contribution is -0.120. The molecule has 0 aromatic heterocycles. The van der Waals surface area contributed by atoms with Crippen molar-refractivity contribution in [2.24, 2.45) is 0 Å². The third-order valence-electron chi connectivity index (χ3n) is 3.25. The number of imide groups is 1. The predicted molar refractivity (Wildman–Crippen MR) is 76.8 cm³/mol. The van der Waals surface area contributed by atoms with E-state index in [9.17, 15) is 18.0 Å². The van der Waals surface area contributed by atoms with Crippen molar-refractivity contribution in [2.75, 3.05) is 13.1 Å². The van der Waals surface area contributed by atoms with E-state index in [1.807, 2.05) is 35.6 Å². The van der Waals surface area contributed by atoms with Crippen molar-refractivity contribution >= 4 is 22.0 Å². The minimum absolute atomic E-state index is 0.192. The molecular weight excluding hydrogens is 294 g/mol. The van der Waals surface area contributed by atoms with E-state index in [1.165, 1.54) is 4.31 Å². The summed E-state index contributed by atoms with van der Waals surface area (Å²) in [4.78, 5) is 22.8. The highest BCUT2D eigenvalue weighted by atomic mass is 32.2. The van der Waals surface area contributed by atoms with Gasteiger partial charge in [0.25, 0.3) is 0 Å². The zero-order valence-electron chi connectivity index (χ0n) is 11.6. The number of benzene rings is 1. The molecule has 114 valence electrons. The second kappa shape index (κ2) is 6.23. The molecule has 8 heteroatoms. The van der Waals surface area contributed by atoms with E-state index < -0.39 is 27.2 Å². The molecule has 0 aliphatic carbocycles. The summed E-state index contributed by atoms with van der Waals surface area (Å²) < 4.78 is 26.3. The first-order valence-corrected chi connectivity index (χ1v) is 8.07. The fourth-order valence-electron chi connectivity index (χ4n) is 2.10. The summed E-state index contributed by atoms with van der Waals surface area (Å²) in [6, 6.07) is 8.46. The average molecular weight is 311 g/mol. The lowest BCUT2D eigenvalue weighted by atomic mass is 10.2. The van der Waals surface area contributed by atoms with Gasteiger partial charge in [-0.3, -0.25) is 10.1 Å². The number of nitrogens with one attached hydrogen (secondary N) is 2. The minimum atomic E-state index is -3.84. The summed E-state index contributed by atoms with van der Waals surface area (Å²) in [5.41, 5.74) is 0.836. The quantitative estimate of drug-likeness (QED) is 0.803. The Labute approximate surface area is 123 Å². The van der Waals surface area contributed by atoms with Crippen LogP contribution in [0.3, 0.4) is 0 Å². The van der Waals surface area contributed by atoms with E-state index in [0.717, 1.165) is 5.56 Å². The first-order valence-electron chi connectivity index (χ1n) is 6.56. The van der Waals surface area contributed by atoms with Gasteiger partial charge in [-0.25, -0.2) is 13.2 Å². The molecule has 1 heterocycles. The van der Waals surface area contributed by atoms with Crippen molar-refractivity contribution < 1.29 is 18.0 Å². The van der Waals surface area contributed by atoms with Crippen molar-refractivity contribution in [2.45, 2.75) is 18.7 Å². The molecule has 1 aliphatic heterocycles. The minimum Gasteiger partial charge on any atom is -0.336 e. The molecule has 1 aliphatic rings. The Bertz CT molecular complexity index is 630. The smallest absolute Gasteiger partial charge is 0.321 e. The maximum absolute atomic E-state index is 12.6. The number of carbonyl (C=O) groups excluding carboxylic acids is 2. The highest BCUT2D eigenvalue weighted by Gasteiger charge is 2.40.